The normalized spacial score (nSPS) is 11.1. The average Bonchev–Trinajstić information content (AvgIpc) is 3.15. The molecule has 0 atom stereocenters. The maximum atomic E-state index is 12.3. The third kappa shape index (κ3) is 6.12. The van der Waals surface area contributed by atoms with Gasteiger partial charge in [0.05, 0.1) is 31.6 Å². The molecule has 1 N–H and O–H groups in total. The zero-order valence-corrected chi connectivity index (χ0v) is 17.9. The fourth-order valence-electron chi connectivity index (χ4n) is 2.79. The third-order valence-electron chi connectivity index (χ3n) is 4.14. The van der Waals surface area contributed by atoms with Crippen LogP contribution in [-0.2, 0) is 11.3 Å². The minimum atomic E-state index is -0.248. The Morgan fingerprint density at radius 3 is 2.67 bits per heavy atom. The molecule has 1 amide bonds. The Balaban J connectivity index is 1.59. The summed E-state index contributed by atoms with van der Waals surface area (Å²) < 4.78 is 12.8. The van der Waals surface area contributed by atoms with Crippen LogP contribution in [0.1, 0.15) is 25.0 Å². The van der Waals surface area contributed by atoms with E-state index in [0.717, 1.165) is 11.1 Å². The van der Waals surface area contributed by atoms with Crippen LogP contribution in [0.15, 0.2) is 60.9 Å². The second-order valence-electron chi connectivity index (χ2n) is 6.95. The number of aromatic nitrogens is 2. The molecule has 0 saturated carbocycles. The number of benzene rings is 2. The molecule has 0 fully saturated rings. The summed E-state index contributed by atoms with van der Waals surface area (Å²) in [7, 11) is 1.59. The summed E-state index contributed by atoms with van der Waals surface area (Å²) in [6, 6.07) is 13.1. The van der Waals surface area contributed by atoms with Gasteiger partial charge in [-0.05, 0) is 55.3 Å². The Hall–Kier alpha value is -3.25. The van der Waals surface area contributed by atoms with Gasteiger partial charge in [0.1, 0.15) is 0 Å². The topological polar surface area (TPSA) is 65.4 Å². The number of ether oxygens (including phenoxy) is 2. The van der Waals surface area contributed by atoms with Gasteiger partial charge in [0.15, 0.2) is 11.5 Å². The molecule has 0 bridgehead atoms. The van der Waals surface area contributed by atoms with Crippen LogP contribution in [0.5, 0.6) is 11.5 Å². The van der Waals surface area contributed by atoms with Gasteiger partial charge in [-0.3, -0.25) is 9.48 Å². The molecule has 0 unspecified atom stereocenters. The lowest BCUT2D eigenvalue weighted by molar-refractivity contribution is -0.111. The molecule has 0 saturated heterocycles. The molecule has 156 valence electrons. The highest BCUT2D eigenvalue weighted by Gasteiger charge is 2.07. The predicted octanol–water partition coefficient (Wildman–Crippen LogP) is 5.03. The van der Waals surface area contributed by atoms with Crippen LogP contribution in [0.25, 0.3) is 6.08 Å². The Labute approximate surface area is 181 Å². The van der Waals surface area contributed by atoms with Crippen LogP contribution in [0.2, 0.25) is 5.02 Å². The first-order chi connectivity index (χ1) is 14.4. The highest BCUT2D eigenvalue weighted by atomic mass is 35.5. The van der Waals surface area contributed by atoms with E-state index in [1.54, 1.807) is 30.3 Å². The van der Waals surface area contributed by atoms with Crippen molar-refractivity contribution >= 4 is 29.3 Å². The Kier molecular flexibility index (Phi) is 7.14. The number of hydrogen-bond acceptors (Lipinski definition) is 4. The molecule has 3 aromatic rings. The number of carbonyl (C=O) groups is 1. The number of nitrogens with zero attached hydrogens (tertiary/aromatic N) is 2. The molecule has 6 nitrogen and oxygen atoms in total. The number of halogens is 1. The van der Waals surface area contributed by atoms with E-state index < -0.39 is 0 Å². The molecule has 0 radical (unpaired) electrons. The van der Waals surface area contributed by atoms with Crippen LogP contribution >= 0.6 is 11.6 Å². The van der Waals surface area contributed by atoms with Gasteiger partial charge in [-0.1, -0.05) is 29.8 Å². The molecule has 1 aromatic heterocycles. The number of amides is 1. The number of methoxy groups -OCH3 is 1. The molecular formula is C23H24ClN3O3. The first-order valence-corrected chi connectivity index (χ1v) is 9.91. The van der Waals surface area contributed by atoms with Crippen molar-refractivity contribution in [1.82, 2.24) is 9.78 Å². The van der Waals surface area contributed by atoms with Gasteiger partial charge in [0, 0.05) is 17.3 Å². The van der Waals surface area contributed by atoms with Crippen molar-refractivity contribution in [3.8, 4) is 11.5 Å². The van der Waals surface area contributed by atoms with Crippen LogP contribution in [0.3, 0.4) is 0 Å². The number of anilines is 1. The average molecular weight is 426 g/mol. The SMILES string of the molecule is COc1cc(C=CC(=O)Nc2cnn(Cc3ccc(Cl)cc3)c2)ccc1OC(C)C. The van der Waals surface area contributed by atoms with Crippen molar-refractivity contribution in [2.24, 2.45) is 0 Å². The van der Waals surface area contributed by atoms with E-state index in [4.69, 9.17) is 21.1 Å². The fourth-order valence-corrected chi connectivity index (χ4v) is 2.91. The summed E-state index contributed by atoms with van der Waals surface area (Å²) in [6.07, 6.45) is 6.62. The highest BCUT2D eigenvalue weighted by Crippen LogP contribution is 2.29. The van der Waals surface area contributed by atoms with Crippen LogP contribution in [0.4, 0.5) is 5.69 Å². The third-order valence-corrected chi connectivity index (χ3v) is 4.39. The first-order valence-electron chi connectivity index (χ1n) is 9.53. The number of hydrogen-bond donors (Lipinski definition) is 1. The summed E-state index contributed by atoms with van der Waals surface area (Å²) in [4.78, 5) is 12.3. The van der Waals surface area contributed by atoms with Gasteiger partial charge in [-0.25, -0.2) is 0 Å². The lowest BCUT2D eigenvalue weighted by Gasteiger charge is -2.13. The standard InChI is InChI=1S/C23H24ClN3O3/c1-16(2)30-21-10-6-17(12-22(21)29-3)7-11-23(28)26-20-13-25-27(15-20)14-18-4-8-19(24)9-5-18/h4-13,15-16H,14H2,1-3H3,(H,26,28). The van der Waals surface area contributed by atoms with E-state index in [1.807, 2.05) is 56.3 Å². The number of rotatable bonds is 8. The van der Waals surface area contributed by atoms with Gasteiger partial charge >= 0.3 is 0 Å². The van der Waals surface area contributed by atoms with Crippen molar-refractivity contribution in [1.29, 1.82) is 0 Å². The van der Waals surface area contributed by atoms with Crippen molar-refractivity contribution in [3.05, 3.63) is 77.1 Å². The van der Waals surface area contributed by atoms with E-state index >= 15 is 0 Å². The van der Waals surface area contributed by atoms with E-state index in [-0.39, 0.29) is 12.0 Å². The number of carbonyl (C=O) groups excluding carboxylic acids is 1. The summed E-state index contributed by atoms with van der Waals surface area (Å²) in [5.74, 6) is 1.04. The van der Waals surface area contributed by atoms with E-state index in [2.05, 4.69) is 10.4 Å². The van der Waals surface area contributed by atoms with Crippen molar-refractivity contribution in [3.63, 3.8) is 0 Å². The molecule has 0 aliphatic rings. The largest absolute Gasteiger partial charge is 0.493 e. The first kappa shape index (κ1) is 21.5. The smallest absolute Gasteiger partial charge is 0.248 e. The van der Waals surface area contributed by atoms with Gasteiger partial charge < -0.3 is 14.8 Å². The highest BCUT2D eigenvalue weighted by molar-refractivity contribution is 6.30. The molecule has 2 aromatic carbocycles. The maximum absolute atomic E-state index is 12.3. The Bertz CT molecular complexity index is 1030. The predicted molar refractivity (Wildman–Crippen MR) is 119 cm³/mol. The monoisotopic (exact) mass is 425 g/mol. The summed E-state index contributed by atoms with van der Waals surface area (Å²) in [5, 5.41) is 7.78. The number of nitrogens with one attached hydrogen (secondary N) is 1. The minimum absolute atomic E-state index is 0.0478. The zero-order chi connectivity index (χ0) is 21.5. The molecule has 0 aliphatic heterocycles. The molecule has 3 rings (SSSR count). The quantitative estimate of drug-likeness (QED) is 0.514. The van der Waals surface area contributed by atoms with Gasteiger partial charge in [0.2, 0.25) is 5.91 Å². The molecule has 0 spiro atoms. The lowest BCUT2D eigenvalue weighted by Crippen LogP contribution is -2.07. The van der Waals surface area contributed by atoms with E-state index in [9.17, 15) is 4.79 Å². The summed E-state index contributed by atoms with van der Waals surface area (Å²) >= 11 is 5.90. The van der Waals surface area contributed by atoms with Crippen LogP contribution in [0, 0.1) is 0 Å². The Morgan fingerprint density at radius 1 is 1.20 bits per heavy atom. The second-order valence-corrected chi connectivity index (χ2v) is 7.39. The van der Waals surface area contributed by atoms with Crippen molar-refractivity contribution < 1.29 is 14.3 Å². The van der Waals surface area contributed by atoms with Gasteiger partial charge in [0.25, 0.3) is 0 Å². The summed E-state index contributed by atoms with van der Waals surface area (Å²) in [5.41, 5.74) is 2.52. The minimum Gasteiger partial charge on any atom is -0.493 e. The van der Waals surface area contributed by atoms with E-state index in [1.165, 1.54) is 6.08 Å². The van der Waals surface area contributed by atoms with Gasteiger partial charge in [-0.15, -0.1) is 0 Å². The summed E-state index contributed by atoms with van der Waals surface area (Å²) in [6.45, 7) is 4.50. The molecule has 30 heavy (non-hydrogen) atoms. The van der Waals surface area contributed by atoms with Crippen LogP contribution in [-0.4, -0.2) is 28.9 Å². The van der Waals surface area contributed by atoms with Crippen molar-refractivity contribution in [2.45, 2.75) is 26.5 Å². The molecule has 7 heteroatoms. The van der Waals surface area contributed by atoms with Crippen molar-refractivity contribution in [2.75, 3.05) is 12.4 Å². The van der Waals surface area contributed by atoms with E-state index in [0.29, 0.717) is 28.8 Å². The zero-order valence-electron chi connectivity index (χ0n) is 17.1. The lowest BCUT2D eigenvalue weighted by atomic mass is 10.2. The second kappa shape index (κ2) is 9.98. The fraction of sp³-hybridized carbons (Fsp3) is 0.217. The maximum Gasteiger partial charge on any atom is 0.248 e. The molecule has 0 aliphatic carbocycles. The van der Waals surface area contributed by atoms with Gasteiger partial charge in [-0.2, -0.15) is 5.10 Å². The Morgan fingerprint density at radius 2 is 1.97 bits per heavy atom. The molecular weight excluding hydrogens is 402 g/mol. The molecule has 1 heterocycles. The van der Waals surface area contributed by atoms with Crippen LogP contribution < -0.4 is 14.8 Å².